The average molecular weight is 913 g/mol. The van der Waals surface area contributed by atoms with Crippen LogP contribution in [0.5, 0.6) is 11.5 Å². The average Bonchev–Trinajstić information content (AvgIpc) is 3.31. The molecule has 0 amide bonds. The molecule has 3 rings (SSSR count). The number of ether oxygens (including phenoxy) is 2. The molecular formula is C66H88O2. The first-order valence-electron chi connectivity index (χ1n) is 27.2. The van der Waals surface area contributed by atoms with Crippen LogP contribution in [0.2, 0.25) is 0 Å². The van der Waals surface area contributed by atoms with Crippen LogP contribution in [0.1, 0.15) is 256 Å². The topological polar surface area (TPSA) is 18.5 Å². The molecule has 364 valence electrons. The molecule has 0 spiro atoms. The van der Waals surface area contributed by atoms with E-state index in [0.717, 1.165) is 35.5 Å². The van der Waals surface area contributed by atoms with Crippen molar-refractivity contribution in [1.82, 2.24) is 0 Å². The Bertz CT molecular complexity index is 2020. The molecule has 2 heteroatoms. The normalized spacial score (nSPS) is 17.4. The molecule has 1 aliphatic rings. The summed E-state index contributed by atoms with van der Waals surface area (Å²) in [6, 6.07) is 12.7. The molecule has 1 heterocycles. The van der Waals surface area contributed by atoms with Crippen molar-refractivity contribution in [2.45, 2.75) is 245 Å². The first-order valence-corrected chi connectivity index (χ1v) is 27.2. The highest BCUT2D eigenvalue weighted by atomic mass is 16.5. The summed E-state index contributed by atoms with van der Waals surface area (Å²) in [6.45, 7) is 14.6. The molecule has 0 N–H and O–H groups in total. The van der Waals surface area contributed by atoms with Crippen molar-refractivity contribution in [1.29, 1.82) is 0 Å². The van der Waals surface area contributed by atoms with Crippen molar-refractivity contribution in [3.05, 3.63) is 58.7 Å². The van der Waals surface area contributed by atoms with Crippen LogP contribution in [-0.4, -0.2) is 13.2 Å². The van der Waals surface area contributed by atoms with Crippen LogP contribution in [-0.2, 0) is 10.8 Å². The maximum Gasteiger partial charge on any atom is 0.134 e. The van der Waals surface area contributed by atoms with Crippen molar-refractivity contribution < 1.29 is 9.47 Å². The van der Waals surface area contributed by atoms with Gasteiger partial charge in [-0.3, -0.25) is 0 Å². The molecule has 0 saturated carbocycles. The van der Waals surface area contributed by atoms with Crippen LogP contribution < -0.4 is 9.47 Å². The summed E-state index contributed by atoms with van der Waals surface area (Å²) in [4.78, 5) is 0. The Morgan fingerprint density at radius 2 is 0.485 bits per heavy atom. The summed E-state index contributed by atoms with van der Waals surface area (Å²) < 4.78 is 12.5. The van der Waals surface area contributed by atoms with Gasteiger partial charge >= 0.3 is 0 Å². The second-order valence-corrected chi connectivity index (χ2v) is 21.0. The molecule has 0 unspecified atom stereocenters. The highest BCUT2D eigenvalue weighted by Gasteiger charge is 2.17. The number of rotatable bonds is 0. The summed E-state index contributed by atoms with van der Waals surface area (Å²) in [5, 5.41) is 0. The van der Waals surface area contributed by atoms with E-state index in [2.05, 4.69) is 161 Å². The fraction of sp³-hybridized carbons (Fsp3) is 0.606. The minimum absolute atomic E-state index is 0.00452. The highest BCUT2D eigenvalue weighted by Crippen LogP contribution is 2.29. The Balaban J connectivity index is 1.55. The van der Waals surface area contributed by atoms with E-state index in [-0.39, 0.29) is 10.8 Å². The molecule has 0 bridgehead atoms. The van der Waals surface area contributed by atoms with E-state index in [0.29, 0.717) is 13.2 Å². The van der Waals surface area contributed by atoms with E-state index in [1.54, 1.807) is 0 Å². The third-order valence-corrected chi connectivity index (χ3v) is 12.8. The number of benzene rings is 2. The van der Waals surface area contributed by atoms with Crippen LogP contribution in [0.3, 0.4) is 0 Å². The minimum atomic E-state index is 0.00452. The molecular weight excluding hydrogens is 825 g/mol. The van der Waals surface area contributed by atoms with Gasteiger partial charge < -0.3 is 9.47 Å². The summed E-state index contributed by atoms with van der Waals surface area (Å²) in [5.74, 6) is 41.6. The molecule has 0 aliphatic carbocycles. The molecule has 68 heavy (non-hydrogen) atoms. The van der Waals surface area contributed by atoms with E-state index in [9.17, 15) is 0 Å². The van der Waals surface area contributed by atoms with Gasteiger partial charge in [0.2, 0.25) is 0 Å². The Hall–Kier alpha value is -5.04. The zero-order valence-corrected chi connectivity index (χ0v) is 43.9. The largest absolute Gasteiger partial charge is 0.492 e. The fourth-order valence-electron chi connectivity index (χ4n) is 8.47. The Morgan fingerprint density at radius 1 is 0.279 bits per heavy atom. The van der Waals surface area contributed by atoms with Crippen LogP contribution in [0, 0.1) is 82.9 Å². The van der Waals surface area contributed by atoms with Crippen LogP contribution >= 0.6 is 0 Å². The molecule has 2 aromatic rings. The summed E-state index contributed by atoms with van der Waals surface area (Å²) >= 11 is 0. The van der Waals surface area contributed by atoms with Crippen LogP contribution in [0.15, 0.2) is 36.4 Å². The van der Waals surface area contributed by atoms with Crippen molar-refractivity contribution >= 4 is 0 Å². The quantitative estimate of drug-likeness (QED) is 0.245. The van der Waals surface area contributed by atoms with Gasteiger partial charge in [0.15, 0.2) is 0 Å². The Kier molecular flexibility index (Phi) is 31.1. The lowest BCUT2D eigenvalue weighted by atomic mass is 9.86. The highest BCUT2D eigenvalue weighted by molar-refractivity contribution is 5.54. The second-order valence-electron chi connectivity index (χ2n) is 21.0. The van der Waals surface area contributed by atoms with Crippen LogP contribution in [0.4, 0.5) is 0 Å². The van der Waals surface area contributed by atoms with Gasteiger partial charge in [-0.1, -0.05) is 233 Å². The summed E-state index contributed by atoms with van der Waals surface area (Å²) in [5.41, 5.74) is 4.15. The van der Waals surface area contributed by atoms with E-state index >= 15 is 0 Å². The standard InChI is InChI=1S/C66H88O2/c1-65(2,3)61-51-53-63-59(57-61)49-45-41-37-33-29-25-26-30-34-38-42-46-50-60-58-62(66(4,5)6)52-54-64(60)68-56-48-44-40-36-32-28-24-22-20-18-16-14-12-10-8-7-9-11-13-15-17-19-21-23-27-31-35-39-43-47-55-67-63/h51-54,57-58H,7-24,27-28,31-32,35-36,39-40,43-44,47-48,55-56H2,1-6H3. The van der Waals surface area contributed by atoms with Gasteiger partial charge in [-0.05, 0) is 142 Å². The zero-order valence-electron chi connectivity index (χ0n) is 43.9. The molecule has 0 atom stereocenters. The maximum atomic E-state index is 6.25. The summed E-state index contributed by atoms with van der Waals surface area (Å²) in [6.07, 6.45) is 41.0. The summed E-state index contributed by atoms with van der Waals surface area (Å²) in [7, 11) is 0. The smallest absolute Gasteiger partial charge is 0.134 e. The third kappa shape index (κ3) is 29.0. The van der Waals surface area contributed by atoms with E-state index in [1.165, 1.54) is 191 Å². The first kappa shape index (κ1) is 57.3. The minimum Gasteiger partial charge on any atom is -0.492 e. The lowest BCUT2D eigenvalue weighted by molar-refractivity contribution is 0.303. The molecule has 2 aromatic carbocycles. The van der Waals surface area contributed by atoms with E-state index in [1.807, 2.05) is 0 Å². The van der Waals surface area contributed by atoms with Gasteiger partial charge in [0.25, 0.3) is 0 Å². The van der Waals surface area contributed by atoms with Gasteiger partial charge in [-0.2, -0.15) is 0 Å². The Morgan fingerprint density at radius 3 is 0.706 bits per heavy atom. The van der Waals surface area contributed by atoms with Gasteiger partial charge in [-0.25, -0.2) is 0 Å². The third-order valence-electron chi connectivity index (χ3n) is 12.8. The molecule has 0 saturated heterocycles. The lowest BCUT2D eigenvalue weighted by Gasteiger charge is -2.20. The number of hydrogen-bond acceptors (Lipinski definition) is 2. The zero-order chi connectivity index (χ0) is 48.6. The second kappa shape index (κ2) is 36.9. The molecule has 1 aliphatic heterocycles. The first-order chi connectivity index (χ1) is 33.1. The van der Waals surface area contributed by atoms with E-state index in [4.69, 9.17) is 9.47 Å². The maximum absolute atomic E-state index is 6.25. The fourth-order valence-corrected chi connectivity index (χ4v) is 8.47. The van der Waals surface area contributed by atoms with Gasteiger partial charge in [-0.15, -0.1) is 0 Å². The van der Waals surface area contributed by atoms with Crippen molar-refractivity contribution in [2.24, 2.45) is 0 Å². The molecule has 0 fully saturated rings. The van der Waals surface area contributed by atoms with E-state index < -0.39 is 0 Å². The predicted molar refractivity (Wildman–Crippen MR) is 292 cm³/mol. The van der Waals surface area contributed by atoms with Crippen LogP contribution in [0.25, 0.3) is 0 Å². The van der Waals surface area contributed by atoms with Gasteiger partial charge in [0.1, 0.15) is 11.5 Å². The van der Waals surface area contributed by atoms with Gasteiger partial charge in [0.05, 0.1) is 24.3 Å². The molecule has 0 aromatic heterocycles. The van der Waals surface area contributed by atoms with Crippen molar-refractivity contribution in [3.63, 3.8) is 0 Å². The number of fused-ring (bicyclic) bond motifs is 2. The van der Waals surface area contributed by atoms with Crippen molar-refractivity contribution in [2.75, 3.05) is 13.2 Å². The molecule has 2 nitrogen and oxygen atoms in total. The van der Waals surface area contributed by atoms with Crippen molar-refractivity contribution in [3.8, 4) is 94.4 Å². The SMILES string of the molecule is CC(C)(C)c1ccc2c(c1)C#CC#CC#CC#CC#CC#CC#Cc1cc(C(C)(C)C)ccc1OCCCCCCCCCCCCCCCCCCCCCCCCCCCCCCCCO2. The predicted octanol–water partition coefficient (Wildman–Crippen LogP) is 17.2. The molecule has 0 radical (unpaired) electrons. The van der Waals surface area contributed by atoms with Gasteiger partial charge in [0, 0.05) is 0 Å². The lowest BCUT2D eigenvalue weighted by Crippen LogP contribution is -2.11. The number of hydrogen-bond donors (Lipinski definition) is 0. The monoisotopic (exact) mass is 913 g/mol. The Labute approximate surface area is 418 Å².